The molecule has 0 aromatic carbocycles. The number of hydrogen-bond acceptors (Lipinski definition) is 3. The molecule has 3 heteroatoms. The maximum atomic E-state index is 4.05. The zero-order chi connectivity index (χ0) is 10.7. The smallest absolute Gasteiger partial charge is 0.0321 e. The average molecular weight is 205 g/mol. The van der Waals surface area contributed by atoms with Crippen LogP contribution in [0.1, 0.15) is 24.9 Å². The number of aromatic nitrogens is 1. The predicted molar refractivity (Wildman–Crippen MR) is 61.7 cm³/mol. The first-order valence-electron chi connectivity index (χ1n) is 5.62. The summed E-state index contributed by atoms with van der Waals surface area (Å²) < 4.78 is 0. The van der Waals surface area contributed by atoms with Gasteiger partial charge < -0.3 is 5.32 Å². The lowest BCUT2D eigenvalue weighted by Gasteiger charge is -2.24. The van der Waals surface area contributed by atoms with Crippen molar-refractivity contribution in [2.45, 2.75) is 25.4 Å². The second-order valence-electron chi connectivity index (χ2n) is 4.23. The Morgan fingerprint density at radius 2 is 2.20 bits per heavy atom. The van der Waals surface area contributed by atoms with Crippen LogP contribution in [0, 0.1) is 0 Å². The summed E-state index contributed by atoms with van der Waals surface area (Å²) in [7, 11) is 2.05. The highest BCUT2D eigenvalue weighted by Crippen LogP contribution is 2.23. The van der Waals surface area contributed by atoms with Crippen molar-refractivity contribution in [1.82, 2.24) is 15.2 Å². The lowest BCUT2D eigenvalue weighted by atomic mass is 10.1. The van der Waals surface area contributed by atoms with E-state index in [0.29, 0.717) is 12.1 Å². The molecule has 0 aliphatic carbocycles. The molecule has 1 aliphatic heterocycles. The topological polar surface area (TPSA) is 28.2 Å². The van der Waals surface area contributed by atoms with E-state index in [0.717, 1.165) is 6.54 Å². The van der Waals surface area contributed by atoms with E-state index in [1.54, 1.807) is 0 Å². The third-order valence-electron chi connectivity index (χ3n) is 3.36. The maximum Gasteiger partial charge on any atom is 0.0321 e. The quantitative estimate of drug-likeness (QED) is 0.809. The second-order valence-corrected chi connectivity index (χ2v) is 4.23. The molecule has 82 valence electrons. The first kappa shape index (κ1) is 10.6. The maximum absolute atomic E-state index is 4.05. The van der Waals surface area contributed by atoms with Gasteiger partial charge in [-0.1, -0.05) is 0 Å². The van der Waals surface area contributed by atoms with Crippen LogP contribution in [0.5, 0.6) is 0 Å². The van der Waals surface area contributed by atoms with Crippen molar-refractivity contribution >= 4 is 0 Å². The van der Waals surface area contributed by atoms with Gasteiger partial charge in [-0.25, -0.2) is 0 Å². The molecule has 1 saturated heterocycles. The van der Waals surface area contributed by atoms with Gasteiger partial charge in [0.1, 0.15) is 0 Å². The fourth-order valence-corrected chi connectivity index (χ4v) is 2.23. The van der Waals surface area contributed by atoms with Gasteiger partial charge in [-0.05, 0) is 38.1 Å². The van der Waals surface area contributed by atoms with Crippen molar-refractivity contribution in [2.24, 2.45) is 0 Å². The number of nitrogens with zero attached hydrogens (tertiary/aromatic N) is 2. The lowest BCUT2D eigenvalue weighted by Crippen LogP contribution is -2.31. The van der Waals surface area contributed by atoms with Crippen LogP contribution in [0.4, 0.5) is 0 Å². The van der Waals surface area contributed by atoms with E-state index in [1.807, 2.05) is 19.4 Å². The van der Waals surface area contributed by atoms with E-state index >= 15 is 0 Å². The van der Waals surface area contributed by atoms with Gasteiger partial charge in [-0.15, -0.1) is 0 Å². The molecule has 1 fully saturated rings. The molecule has 0 amide bonds. The summed E-state index contributed by atoms with van der Waals surface area (Å²) in [5.74, 6) is 0. The summed E-state index contributed by atoms with van der Waals surface area (Å²) in [4.78, 5) is 6.58. The third kappa shape index (κ3) is 2.36. The van der Waals surface area contributed by atoms with Crippen LogP contribution >= 0.6 is 0 Å². The van der Waals surface area contributed by atoms with Gasteiger partial charge >= 0.3 is 0 Å². The minimum atomic E-state index is 0.506. The molecule has 1 aliphatic rings. The molecule has 0 spiro atoms. The normalized spacial score (nSPS) is 24.3. The number of nitrogens with one attached hydrogen (secondary N) is 1. The highest BCUT2D eigenvalue weighted by atomic mass is 15.2. The van der Waals surface area contributed by atoms with E-state index in [2.05, 4.69) is 34.3 Å². The molecule has 1 N–H and O–H groups in total. The van der Waals surface area contributed by atoms with Gasteiger partial charge in [0.2, 0.25) is 0 Å². The van der Waals surface area contributed by atoms with E-state index in [9.17, 15) is 0 Å². The highest BCUT2D eigenvalue weighted by Gasteiger charge is 2.25. The van der Waals surface area contributed by atoms with Gasteiger partial charge in [0.05, 0.1) is 0 Å². The fourth-order valence-electron chi connectivity index (χ4n) is 2.23. The Balaban J connectivity index is 2.00. The van der Waals surface area contributed by atoms with Crippen LogP contribution in [0.2, 0.25) is 0 Å². The molecule has 1 aromatic rings. The van der Waals surface area contributed by atoms with Crippen molar-refractivity contribution in [3.63, 3.8) is 0 Å². The molecular weight excluding hydrogens is 186 g/mol. The largest absolute Gasteiger partial charge is 0.316 e. The fraction of sp³-hybridized carbons (Fsp3) is 0.583. The molecule has 2 unspecified atom stereocenters. The Kier molecular flexibility index (Phi) is 3.34. The number of hydrogen-bond donors (Lipinski definition) is 1. The van der Waals surface area contributed by atoms with E-state index in [4.69, 9.17) is 0 Å². The van der Waals surface area contributed by atoms with Crippen molar-refractivity contribution in [2.75, 3.05) is 20.1 Å². The molecule has 3 nitrogen and oxygen atoms in total. The molecule has 2 atom stereocenters. The average Bonchev–Trinajstić information content (AvgIpc) is 2.78. The minimum Gasteiger partial charge on any atom is -0.316 e. The summed E-state index contributed by atoms with van der Waals surface area (Å²) in [5, 5.41) is 3.35. The Bertz CT molecular complexity index is 299. The molecule has 0 saturated carbocycles. The Morgan fingerprint density at radius 1 is 1.47 bits per heavy atom. The summed E-state index contributed by atoms with van der Waals surface area (Å²) in [5.41, 5.74) is 1.36. The molecule has 2 heterocycles. The summed E-state index contributed by atoms with van der Waals surface area (Å²) >= 11 is 0. The Labute approximate surface area is 91.5 Å². The second kappa shape index (κ2) is 4.73. The Morgan fingerprint density at radius 3 is 2.80 bits per heavy atom. The first-order valence-corrected chi connectivity index (χ1v) is 5.62. The SMILES string of the molecule is CNC1CCN(C(C)c2ccncc2)C1. The van der Waals surface area contributed by atoms with Crippen LogP contribution in [0.3, 0.4) is 0 Å². The molecule has 0 bridgehead atoms. The van der Waals surface area contributed by atoms with E-state index in [-0.39, 0.29) is 0 Å². The summed E-state index contributed by atoms with van der Waals surface area (Å²) in [6, 6.07) is 5.38. The Hall–Kier alpha value is -0.930. The number of rotatable bonds is 3. The standard InChI is InChI=1S/C12H19N3/c1-10(11-3-6-14-7-4-11)15-8-5-12(9-15)13-2/h3-4,6-7,10,12-13H,5,8-9H2,1-2H3. The predicted octanol–water partition coefficient (Wildman–Crippen LogP) is 1.44. The van der Waals surface area contributed by atoms with Gasteiger partial charge in [-0.2, -0.15) is 0 Å². The number of likely N-dealkylation sites (tertiary alicyclic amines) is 1. The van der Waals surface area contributed by atoms with Crippen LogP contribution in [-0.2, 0) is 0 Å². The minimum absolute atomic E-state index is 0.506. The highest BCUT2D eigenvalue weighted by molar-refractivity contribution is 5.14. The number of likely N-dealkylation sites (N-methyl/N-ethyl adjacent to an activating group) is 1. The van der Waals surface area contributed by atoms with Crippen molar-refractivity contribution in [3.05, 3.63) is 30.1 Å². The monoisotopic (exact) mass is 205 g/mol. The number of pyridine rings is 1. The zero-order valence-corrected chi connectivity index (χ0v) is 9.48. The summed E-state index contributed by atoms with van der Waals surface area (Å²) in [6.07, 6.45) is 5.00. The van der Waals surface area contributed by atoms with Gasteiger partial charge in [0.25, 0.3) is 0 Å². The third-order valence-corrected chi connectivity index (χ3v) is 3.36. The van der Waals surface area contributed by atoms with Crippen LogP contribution < -0.4 is 5.32 Å². The van der Waals surface area contributed by atoms with Crippen LogP contribution in [-0.4, -0.2) is 36.1 Å². The van der Waals surface area contributed by atoms with Crippen LogP contribution in [0.15, 0.2) is 24.5 Å². The van der Waals surface area contributed by atoms with E-state index in [1.165, 1.54) is 18.5 Å². The zero-order valence-electron chi connectivity index (χ0n) is 9.48. The van der Waals surface area contributed by atoms with Gasteiger partial charge in [0.15, 0.2) is 0 Å². The molecule has 2 rings (SSSR count). The lowest BCUT2D eigenvalue weighted by molar-refractivity contribution is 0.257. The van der Waals surface area contributed by atoms with Gasteiger partial charge in [-0.3, -0.25) is 9.88 Å². The first-order chi connectivity index (χ1) is 7.31. The molecule has 15 heavy (non-hydrogen) atoms. The van der Waals surface area contributed by atoms with Crippen molar-refractivity contribution in [3.8, 4) is 0 Å². The molecule has 1 aromatic heterocycles. The van der Waals surface area contributed by atoms with Crippen LogP contribution in [0.25, 0.3) is 0 Å². The summed E-state index contributed by atoms with van der Waals surface area (Å²) in [6.45, 7) is 4.61. The molecular formula is C12H19N3. The van der Waals surface area contributed by atoms with Crippen molar-refractivity contribution in [1.29, 1.82) is 0 Å². The molecule has 0 radical (unpaired) electrons. The van der Waals surface area contributed by atoms with Crippen molar-refractivity contribution < 1.29 is 0 Å². The van der Waals surface area contributed by atoms with Gasteiger partial charge in [0, 0.05) is 37.6 Å². The van der Waals surface area contributed by atoms with E-state index < -0.39 is 0 Å².